The van der Waals surface area contributed by atoms with Crippen LogP contribution in [0.2, 0.25) is 0 Å². The van der Waals surface area contributed by atoms with E-state index in [4.69, 9.17) is 4.74 Å². The first-order valence-corrected chi connectivity index (χ1v) is 7.38. The molecule has 0 bridgehead atoms. The van der Waals surface area contributed by atoms with Gasteiger partial charge >= 0.3 is 0 Å². The predicted octanol–water partition coefficient (Wildman–Crippen LogP) is 1.17. The van der Waals surface area contributed by atoms with Crippen molar-refractivity contribution in [3.63, 3.8) is 0 Å². The average molecular weight is 300 g/mol. The zero-order chi connectivity index (χ0) is 15.4. The van der Waals surface area contributed by atoms with Crippen LogP contribution in [0.3, 0.4) is 0 Å². The van der Waals surface area contributed by atoms with Crippen LogP contribution in [0.5, 0.6) is 5.75 Å². The molecule has 1 amide bonds. The van der Waals surface area contributed by atoms with Crippen molar-refractivity contribution >= 4 is 5.91 Å². The lowest BCUT2D eigenvalue weighted by Crippen LogP contribution is -2.52. The Morgan fingerprint density at radius 2 is 2.14 bits per heavy atom. The molecule has 6 heteroatoms. The van der Waals surface area contributed by atoms with Gasteiger partial charge in [0, 0.05) is 32.9 Å². The van der Waals surface area contributed by atoms with E-state index in [1.165, 1.54) is 5.56 Å². The molecule has 0 spiro atoms. The van der Waals surface area contributed by atoms with Gasteiger partial charge in [-0.15, -0.1) is 0 Å². The van der Waals surface area contributed by atoms with E-state index in [9.17, 15) is 4.79 Å². The van der Waals surface area contributed by atoms with Gasteiger partial charge in [0.2, 0.25) is 5.91 Å². The maximum atomic E-state index is 11.4. The normalized spacial score (nSPS) is 15.3. The van der Waals surface area contributed by atoms with E-state index < -0.39 is 0 Å². The van der Waals surface area contributed by atoms with Gasteiger partial charge in [0.05, 0.1) is 11.6 Å². The van der Waals surface area contributed by atoms with Crippen LogP contribution >= 0.6 is 0 Å². The molecule has 6 nitrogen and oxygen atoms in total. The number of aromatic amines is 1. The molecule has 22 heavy (non-hydrogen) atoms. The van der Waals surface area contributed by atoms with E-state index in [2.05, 4.69) is 32.5 Å². The summed E-state index contributed by atoms with van der Waals surface area (Å²) in [6, 6.07) is 9.97. The van der Waals surface area contributed by atoms with Crippen molar-refractivity contribution in [3.8, 4) is 5.75 Å². The summed E-state index contributed by atoms with van der Waals surface area (Å²) < 4.78 is 5.68. The lowest BCUT2D eigenvalue weighted by Gasteiger charge is -2.38. The fourth-order valence-electron chi connectivity index (χ4n) is 2.54. The number of aromatic nitrogens is 2. The van der Waals surface area contributed by atoms with Crippen LogP contribution in [0.25, 0.3) is 0 Å². The van der Waals surface area contributed by atoms with Crippen molar-refractivity contribution in [1.29, 1.82) is 0 Å². The summed E-state index contributed by atoms with van der Waals surface area (Å²) in [5.74, 6) is 1.12. The van der Waals surface area contributed by atoms with Gasteiger partial charge in [-0.1, -0.05) is 12.1 Å². The maximum absolute atomic E-state index is 11.4. The number of H-pyrrole nitrogens is 1. The fraction of sp³-hybridized carbons (Fsp3) is 0.375. The molecule has 2 heterocycles. The van der Waals surface area contributed by atoms with E-state index in [0.717, 1.165) is 31.1 Å². The van der Waals surface area contributed by atoms with Gasteiger partial charge in [0.15, 0.2) is 0 Å². The highest BCUT2D eigenvalue weighted by Gasteiger charge is 2.31. The van der Waals surface area contributed by atoms with Crippen LogP contribution in [0.4, 0.5) is 0 Å². The van der Waals surface area contributed by atoms with Gasteiger partial charge in [-0.05, 0) is 23.8 Å². The standard InChI is InChI=1S/C16H20N4O2/c1-17-16(21)13-9-20(10-13)8-12-2-4-15(5-3-12)22-11-14-6-7-18-19-14/h2-7,13H,8-11H2,1H3,(H,17,21)(H,18,19). The van der Waals surface area contributed by atoms with Gasteiger partial charge in [-0.2, -0.15) is 5.10 Å². The monoisotopic (exact) mass is 300 g/mol. The molecule has 0 saturated carbocycles. The minimum absolute atomic E-state index is 0.138. The lowest BCUT2D eigenvalue weighted by atomic mass is 9.98. The Bertz CT molecular complexity index is 604. The predicted molar refractivity (Wildman–Crippen MR) is 82.2 cm³/mol. The summed E-state index contributed by atoms with van der Waals surface area (Å²) in [6.07, 6.45) is 1.71. The number of nitrogens with zero attached hydrogens (tertiary/aromatic N) is 2. The topological polar surface area (TPSA) is 70.2 Å². The van der Waals surface area contributed by atoms with Crippen LogP contribution < -0.4 is 10.1 Å². The summed E-state index contributed by atoms with van der Waals surface area (Å²) in [5, 5.41) is 9.44. The van der Waals surface area contributed by atoms with Crippen molar-refractivity contribution in [2.75, 3.05) is 20.1 Å². The number of benzene rings is 1. The van der Waals surface area contributed by atoms with E-state index >= 15 is 0 Å². The highest BCUT2D eigenvalue weighted by Crippen LogP contribution is 2.20. The van der Waals surface area contributed by atoms with E-state index in [1.54, 1.807) is 13.2 Å². The van der Waals surface area contributed by atoms with Crippen LogP contribution in [0.15, 0.2) is 36.5 Å². The highest BCUT2D eigenvalue weighted by molar-refractivity contribution is 5.79. The molecule has 1 saturated heterocycles. The number of carbonyl (C=O) groups excluding carboxylic acids is 1. The van der Waals surface area contributed by atoms with Gasteiger partial charge < -0.3 is 10.1 Å². The molecule has 3 rings (SSSR count). The van der Waals surface area contributed by atoms with Gasteiger partial charge in [0.1, 0.15) is 12.4 Å². The molecule has 1 fully saturated rings. The Kier molecular flexibility index (Phi) is 4.39. The minimum atomic E-state index is 0.138. The van der Waals surface area contributed by atoms with Gasteiger partial charge in [0.25, 0.3) is 0 Å². The average Bonchev–Trinajstić information content (AvgIpc) is 3.02. The Morgan fingerprint density at radius 1 is 1.36 bits per heavy atom. The Labute approximate surface area is 129 Å². The smallest absolute Gasteiger partial charge is 0.225 e. The first-order chi connectivity index (χ1) is 10.7. The molecule has 1 aliphatic heterocycles. The maximum Gasteiger partial charge on any atom is 0.225 e. The SMILES string of the molecule is CNC(=O)C1CN(Cc2ccc(OCc3ccn[nH]3)cc2)C1. The number of carbonyl (C=O) groups is 1. The van der Waals surface area contributed by atoms with Crippen molar-refractivity contribution in [3.05, 3.63) is 47.8 Å². The number of ether oxygens (including phenoxy) is 1. The second-order valence-electron chi connectivity index (χ2n) is 5.52. The minimum Gasteiger partial charge on any atom is -0.487 e. The molecular formula is C16H20N4O2. The third-order valence-corrected chi connectivity index (χ3v) is 3.86. The van der Waals surface area contributed by atoms with Crippen LogP contribution in [0.1, 0.15) is 11.3 Å². The fourth-order valence-corrected chi connectivity index (χ4v) is 2.54. The molecule has 116 valence electrons. The van der Waals surface area contributed by atoms with Crippen molar-refractivity contribution in [1.82, 2.24) is 20.4 Å². The van der Waals surface area contributed by atoms with Crippen molar-refractivity contribution in [2.45, 2.75) is 13.2 Å². The molecule has 0 aliphatic carbocycles. The summed E-state index contributed by atoms with van der Waals surface area (Å²) in [4.78, 5) is 13.7. The van der Waals surface area contributed by atoms with Gasteiger partial charge in [-0.25, -0.2) is 0 Å². The second kappa shape index (κ2) is 6.62. The Balaban J connectivity index is 1.45. The van der Waals surface area contributed by atoms with E-state index in [-0.39, 0.29) is 11.8 Å². The number of hydrogen-bond acceptors (Lipinski definition) is 4. The second-order valence-corrected chi connectivity index (χ2v) is 5.52. The van der Waals surface area contributed by atoms with Crippen molar-refractivity contribution in [2.24, 2.45) is 5.92 Å². The number of hydrogen-bond donors (Lipinski definition) is 2. The van der Waals surface area contributed by atoms with Crippen LogP contribution in [0, 0.1) is 5.92 Å². The summed E-state index contributed by atoms with van der Waals surface area (Å²) in [5.41, 5.74) is 2.18. The molecule has 0 atom stereocenters. The molecule has 0 unspecified atom stereocenters. The molecule has 2 aromatic rings. The quantitative estimate of drug-likeness (QED) is 0.840. The number of rotatable bonds is 6. The lowest BCUT2D eigenvalue weighted by molar-refractivity contribution is -0.129. The van der Waals surface area contributed by atoms with Gasteiger partial charge in [-0.3, -0.25) is 14.8 Å². The Hall–Kier alpha value is -2.34. The van der Waals surface area contributed by atoms with E-state index in [1.807, 2.05) is 18.2 Å². The van der Waals surface area contributed by atoms with Crippen LogP contribution in [-0.2, 0) is 17.9 Å². The first-order valence-electron chi connectivity index (χ1n) is 7.38. The molecule has 1 aromatic heterocycles. The highest BCUT2D eigenvalue weighted by atomic mass is 16.5. The van der Waals surface area contributed by atoms with Crippen LogP contribution in [-0.4, -0.2) is 41.1 Å². The summed E-state index contributed by atoms with van der Waals surface area (Å²) in [7, 11) is 1.69. The van der Waals surface area contributed by atoms with Crippen molar-refractivity contribution < 1.29 is 9.53 Å². The number of nitrogens with one attached hydrogen (secondary N) is 2. The molecular weight excluding hydrogens is 280 g/mol. The zero-order valence-corrected chi connectivity index (χ0v) is 12.6. The third kappa shape index (κ3) is 3.46. The third-order valence-electron chi connectivity index (χ3n) is 3.86. The number of likely N-dealkylation sites (tertiary alicyclic amines) is 1. The number of amides is 1. The zero-order valence-electron chi connectivity index (χ0n) is 12.6. The summed E-state index contributed by atoms with van der Waals surface area (Å²) >= 11 is 0. The molecule has 2 N–H and O–H groups in total. The van der Waals surface area contributed by atoms with E-state index in [0.29, 0.717) is 6.61 Å². The Morgan fingerprint density at radius 3 is 2.77 bits per heavy atom. The summed E-state index contributed by atoms with van der Waals surface area (Å²) in [6.45, 7) is 3.02. The first kappa shape index (κ1) is 14.6. The largest absolute Gasteiger partial charge is 0.487 e. The molecule has 1 aromatic carbocycles. The molecule has 1 aliphatic rings. The molecule has 0 radical (unpaired) electrons.